The Morgan fingerprint density at radius 1 is 1.00 bits per heavy atom. The topological polar surface area (TPSA) is 41.6 Å². The van der Waals surface area contributed by atoms with E-state index >= 15 is 0 Å². The molecule has 5 heteroatoms. The van der Waals surface area contributed by atoms with Crippen molar-refractivity contribution in [3.8, 4) is 0 Å². The number of carbonyl (C=O) groups excluding carboxylic acids is 1. The Hall–Kier alpha value is -2.24. The maximum Gasteiger partial charge on any atom is 0.229 e. The summed E-state index contributed by atoms with van der Waals surface area (Å²) in [5.41, 5.74) is 2.25. The number of amides is 1. The Morgan fingerprint density at radius 2 is 1.50 bits per heavy atom. The molecule has 1 fully saturated rings. The summed E-state index contributed by atoms with van der Waals surface area (Å²) >= 11 is 5.43. The van der Waals surface area contributed by atoms with Crippen LogP contribution in [-0.4, -0.2) is 42.2 Å². The molecule has 1 aliphatic heterocycles. The molecular formula is C21H24N2O2S. The Kier molecular flexibility index (Phi) is 6.36. The van der Waals surface area contributed by atoms with Gasteiger partial charge in [-0.15, -0.1) is 0 Å². The molecule has 1 atom stereocenters. The maximum atomic E-state index is 12.9. The predicted molar refractivity (Wildman–Crippen MR) is 107 cm³/mol. The number of morpholine rings is 1. The number of hydrogen-bond acceptors (Lipinski definition) is 3. The lowest BCUT2D eigenvalue weighted by Gasteiger charge is -2.30. The molecule has 1 amide bonds. The summed E-state index contributed by atoms with van der Waals surface area (Å²) in [6.07, 6.45) is 0. The van der Waals surface area contributed by atoms with Crippen LogP contribution in [0.5, 0.6) is 0 Å². The smallest absolute Gasteiger partial charge is 0.229 e. The van der Waals surface area contributed by atoms with Gasteiger partial charge < -0.3 is 15.0 Å². The summed E-state index contributed by atoms with van der Waals surface area (Å²) in [5, 5.41) is 3.42. The van der Waals surface area contributed by atoms with Gasteiger partial charge in [-0.1, -0.05) is 67.6 Å². The number of benzene rings is 2. The van der Waals surface area contributed by atoms with E-state index in [-0.39, 0.29) is 17.7 Å². The monoisotopic (exact) mass is 368 g/mol. The van der Waals surface area contributed by atoms with Crippen molar-refractivity contribution in [2.24, 2.45) is 5.92 Å². The van der Waals surface area contributed by atoms with Crippen LogP contribution in [0.4, 0.5) is 0 Å². The molecule has 0 saturated carbocycles. The van der Waals surface area contributed by atoms with Gasteiger partial charge in [0.05, 0.1) is 13.2 Å². The van der Waals surface area contributed by atoms with Crippen molar-refractivity contribution < 1.29 is 9.53 Å². The molecule has 0 aromatic heterocycles. The normalized spacial score (nSPS) is 15.5. The molecular weight excluding hydrogens is 344 g/mol. The minimum Gasteiger partial charge on any atom is -0.378 e. The van der Waals surface area contributed by atoms with Gasteiger partial charge in [-0.2, -0.15) is 0 Å². The zero-order chi connectivity index (χ0) is 18.4. The van der Waals surface area contributed by atoms with Gasteiger partial charge in [0.25, 0.3) is 0 Å². The van der Waals surface area contributed by atoms with Crippen molar-refractivity contribution in [2.45, 2.75) is 12.8 Å². The molecule has 3 rings (SSSR count). The fourth-order valence-electron chi connectivity index (χ4n) is 3.31. The van der Waals surface area contributed by atoms with Gasteiger partial charge in [-0.25, -0.2) is 0 Å². The second-order valence-corrected chi connectivity index (χ2v) is 6.87. The second-order valence-electron chi connectivity index (χ2n) is 6.48. The van der Waals surface area contributed by atoms with E-state index in [4.69, 9.17) is 17.0 Å². The second kappa shape index (κ2) is 8.92. The minimum atomic E-state index is -0.251. The standard InChI is InChI=1S/C21H24N2O2S/c1-16(20(24)22-21(26)23-12-14-25-15-13-23)19(17-8-4-2-5-9-17)18-10-6-3-7-11-18/h2-11,16,19H,12-15H2,1H3,(H,22,24,26). The molecule has 0 radical (unpaired) electrons. The van der Waals surface area contributed by atoms with Gasteiger partial charge in [0.2, 0.25) is 5.91 Å². The van der Waals surface area contributed by atoms with Gasteiger partial charge in [0.15, 0.2) is 5.11 Å². The van der Waals surface area contributed by atoms with Crippen molar-refractivity contribution in [2.75, 3.05) is 26.3 Å². The van der Waals surface area contributed by atoms with Gasteiger partial charge in [-0.05, 0) is 23.3 Å². The SMILES string of the molecule is CC(C(=O)NC(=S)N1CCOCC1)C(c1ccccc1)c1ccccc1. The van der Waals surface area contributed by atoms with Crippen molar-refractivity contribution in [1.29, 1.82) is 0 Å². The van der Waals surface area contributed by atoms with E-state index in [1.54, 1.807) is 0 Å². The predicted octanol–water partition coefficient (Wildman–Crippen LogP) is 3.19. The number of nitrogens with zero attached hydrogens (tertiary/aromatic N) is 1. The van der Waals surface area contributed by atoms with Crippen LogP contribution in [0.15, 0.2) is 60.7 Å². The molecule has 1 N–H and O–H groups in total. The Bertz CT molecular complexity index is 691. The van der Waals surface area contributed by atoms with Crippen LogP contribution >= 0.6 is 12.2 Å². The van der Waals surface area contributed by atoms with Crippen LogP contribution in [0.2, 0.25) is 0 Å². The van der Waals surface area contributed by atoms with Gasteiger partial charge >= 0.3 is 0 Å². The molecule has 1 heterocycles. The third-order valence-corrected chi connectivity index (χ3v) is 5.12. The van der Waals surface area contributed by atoms with E-state index in [0.29, 0.717) is 31.4 Å². The van der Waals surface area contributed by atoms with E-state index < -0.39 is 0 Å². The van der Waals surface area contributed by atoms with E-state index in [1.807, 2.05) is 48.2 Å². The Morgan fingerprint density at radius 3 is 2.00 bits per heavy atom. The molecule has 4 nitrogen and oxygen atoms in total. The Balaban J connectivity index is 1.77. The number of nitrogens with one attached hydrogen (secondary N) is 1. The van der Waals surface area contributed by atoms with Crippen molar-refractivity contribution >= 4 is 23.2 Å². The zero-order valence-corrected chi connectivity index (χ0v) is 15.7. The highest BCUT2D eigenvalue weighted by molar-refractivity contribution is 7.80. The summed E-state index contributed by atoms with van der Waals surface area (Å²) < 4.78 is 5.34. The highest BCUT2D eigenvalue weighted by Crippen LogP contribution is 2.32. The molecule has 1 saturated heterocycles. The third-order valence-electron chi connectivity index (χ3n) is 4.76. The lowest BCUT2D eigenvalue weighted by molar-refractivity contribution is -0.123. The average molecular weight is 369 g/mol. The number of thiocarbonyl (C=S) groups is 1. The molecule has 1 unspecified atom stereocenters. The lowest BCUT2D eigenvalue weighted by Crippen LogP contribution is -2.49. The molecule has 0 aliphatic carbocycles. The Labute approximate surface area is 160 Å². The van der Waals surface area contributed by atoms with Crippen LogP contribution in [0, 0.1) is 5.92 Å². The van der Waals surface area contributed by atoms with Gasteiger partial charge in [0.1, 0.15) is 0 Å². The van der Waals surface area contributed by atoms with E-state index in [0.717, 1.165) is 11.1 Å². The zero-order valence-electron chi connectivity index (χ0n) is 14.9. The number of rotatable bonds is 4. The first-order chi connectivity index (χ1) is 12.7. The fraction of sp³-hybridized carbons (Fsp3) is 0.333. The van der Waals surface area contributed by atoms with Crippen LogP contribution < -0.4 is 5.32 Å². The van der Waals surface area contributed by atoms with E-state index in [1.165, 1.54) is 0 Å². The first kappa shape index (κ1) is 18.5. The summed E-state index contributed by atoms with van der Waals surface area (Å²) in [5.74, 6) is -0.331. The average Bonchev–Trinajstić information content (AvgIpc) is 2.70. The number of hydrogen-bond donors (Lipinski definition) is 1. The third kappa shape index (κ3) is 4.48. The molecule has 1 aliphatic rings. The van der Waals surface area contributed by atoms with Crippen LogP contribution in [0.25, 0.3) is 0 Å². The van der Waals surface area contributed by atoms with Crippen molar-refractivity contribution in [3.63, 3.8) is 0 Å². The summed E-state index contributed by atoms with van der Waals surface area (Å²) in [7, 11) is 0. The molecule has 26 heavy (non-hydrogen) atoms. The summed E-state index contributed by atoms with van der Waals surface area (Å²) in [6.45, 7) is 4.68. The molecule has 0 bridgehead atoms. The quantitative estimate of drug-likeness (QED) is 0.842. The summed E-state index contributed by atoms with van der Waals surface area (Å²) in [6, 6.07) is 20.3. The largest absolute Gasteiger partial charge is 0.378 e. The maximum absolute atomic E-state index is 12.9. The molecule has 2 aromatic rings. The highest BCUT2D eigenvalue weighted by atomic mass is 32.1. The molecule has 136 valence electrons. The van der Waals surface area contributed by atoms with E-state index in [9.17, 15) is 4.79 Å². The van der Waals surface area contributed by atoms with Crippen molar-refractivity contribution in [1.82, 2.24) is 10.2 Å². The first-order valence-corrected chi connectivity index (χ1v) is 9.35. The van der Waals surface area contributed by atoms with E-state index in [2.05, 4.69) is 29.6 Å². The van der Waals surface area contributed by atoms with Gasteiger partial charge in [-0.3, -0.25) is 4.79 Å². The van der Waals surface area contributed by atoms with Crippen LogP contribution in [0.3, 0.4) is 0 Å². The van der Waals surface area contributed by atoms with Gasteiger partial charge in [0, 0.05) is 24.9 Å². The van der Waals surface area contributed by atoms with Crippen molar-refractivity contribution in [3.05, 3.63) is 71.8 Å². The highest BCUT2D eigenvalue weighted by Gasteiger charge is 2.28. The number of carbonyl (C=O) groups is 1. The summed E-state index contributed by atoms with van der Waals surface area (Å²) in [4.78, 5) is 14.9. The van der Waals surface area contributed by atoms with Crippen LogP contribution in [-0.2, 0) is 9.53 Å². The first-order valence-electron chi connectivity index (χ1n) is 8.94. The molecule has 2 aromatic carbocycles. The fourth-order valence-corrected chi connectivity index (χ4v) is 3.59. The molecule has 0 spiro atoms. The minimum absolute atomic E-state index is 0.0233. The number of ether oxygens (including phenoxy) is 1. The van der Waals surface area contributed by atoms with Crippen LogP contribution in [0.1, 0.15) is 24.0 Å². The lowest BCUT2D eigenvalue weighted by atomic mass is 9.81.